The first-order chi connectivity index (χ1) is 14.1. The first-order valence-electron chi connectivity index (χ1n) is 10.3. The van der Waals surface area contributed by atoms with Crippen LogP contribution in [0.4, 0.5) is 5.00 Å². The minimum absolute atomic E-state index is 0.0625. The van der Waals surface area contributed by atoms with Gasteiger partial charge in [0.2, 0.25) is 0 Å². The highest BCUT2D eigenvalue weighted by Gasteiger charge is 2.31. The van der Waals surface area contributed by atoms with Gasteiger partial charge in [0.05, 0.1) is 11.7 Å². The number of carbonyl (C=O) groups excluding carboxylic acids is 1. The molecule has 1 aliphatic rings. The molecule has 1 fully saturated rings. The van der Waals surface area contributed by atoms with Crippen molar-refractivity contribution in [3.63, 3.8) is 0 Å². The fourth-order valence-electron chi connectivity index (χ4n) is 4.06. The van der Waals surface area contributed by atoms with E-state index in [0.29, 0.717) is 5.56 Å². The summed E-state index contributed by atoms with van der Waals surface area (Å²) in [5.41, 5.74) is 4.16. The van der Waals surface area contributed by atoms with Crippen LogP contribution >= 0.6 is 11.3 Å². The van der Waals surface area contributed by atoms with E-state index >= 15 is 0 Å². The molecule has 0 unspecified atom stereocenters. The lowest BCUT2D eigenvalue weighted by atomic mass is 9.96. The second kappa shape index (κ2) is 8.89. The minimum atomic E-state index is -0.0634. The van der Waals surface area contributed by atoms with Crippen molar-refractivity contribution in [3.05, 3.63) is 82.0 Å². The van der Waals surface area contributed by atoms with Crippen LogP contribution in [0, 0.1) is 13.8 Å². The number of aromatic nitrogens is 1. The molecule has 1 aromatic carbocycles. The molecule has 1 amide bonds. The van der Waals surface area contributed by atoms with Crippen LogP contribution in [0.1, 0.15) is 57.4 Å². The Bertz CT molecular complexity index is 963. The van der Waals surface area contributed by atoms with Crippen LogP contribution in [-0.4, -0.2) is 28.9 Å². The van der Waals surface area contributed by atoms with Crippen molar-refractivity contribution < 1.29 is 4.79 Å². The number of piperidine rings is 1. The summed E-state index contributed by atoms with van der Waals surface area (Å²) >= 11 is 1.66. The molecule has 5 heteroatoms. The lowest BCUT2D eigenvalue weighted by Gasteiger charge is -2.35. The van der Waals surface area contributed by atoms with Crippen LogP contribution in [0.3, 0.4) is 0 Å². The topological polar surface area (TPSA) is 45.2 Å². The van der Waals surface area contributed by atoms with Gasteiger partial charge in [-0.05, 0) is 69.6 Å². The molecule has 0 aliphatic carbocycles. The van der Waals surface area contributed by atoms with E-state index < -0.39 is 0 Å². The summed E-state index contributed by atoms with van der Waals surface area (Å²) in [4.78, 5) is 21.4. The van der Waals surface area contributed by atoms with Crippen molar-refractivity contribution in [1.29, 1.82) is 0 Å². The predicted molar refractivity (Wildman–Crippen MR) is 120 cm³/mol. The lowest BCUT2D eigenvalue weighted by Crippen LogP contribution is -2.35. The normalized spacial score (nSPS) is 15.8. The zero-order valence-electron chi connectivity index (χ0n) is 17.0. The molecule has 1 aliphatic heterocycles. The van der Waals surface area contributed by atoms with Gasteiger partial charge >= 0.3 is 0 Å². The number of rotatable bonds is 5. The molecule has 4 rings (SSSR count). The second-order valence-corrected chi connectivity index (χ2v) is 8.82. The summed E-state index contributed by atoms with van der Waals surface area (Å²) in [5.74, 6) is -0.0634. The quantitative estimate of drug-likeness (QED) is 0.602. The number of hydrogen-bond acceptors (Lipinski definition) is 4. The van der Waals surface area contributed by atoms with Gasteiger partial charge in [-0.1, -0.05) is 30.7 Å². The molecule has 0 bridgehead atoms. The molecule has 3 heterocycles. The fraction of sp³-hybridized carbons (Fsp3) is 0.333. The summed E-state index contributed by atoms with van der Waals surface area (Å²) in [6.07, 6.45) is 5.56. The van der Waals surface area contributed by atoms with Crippen LogP contribution in [0.25, 0.3) is 0 Å². The van der Waals surface area contributed by atoms with Crippen LogP contribution in [0.2, 0.25) is 0 Å². The highest BCUT2D eigenvalue weighted by Crippen LogP contribution is 2.42. The SMILES string of the molecule is Cc1sc(NC(=O)c2ccccc2)c([C@H](c2ccccn2)N2CCCCC2)c1C. The monoisotopic (exact) mass is 405 g/mol. The maximum atomic E-state index is 12.9. The molecule has 0 saturated carbocycles. The number of pyridine rings is 1. The van der Waals surface area contributed by atoms with Crippen LogP contribution in [0.15, 0.2) is 54.7 Å². The molecule has 2 aromatic heterocycles. The van der Waals surface area contributed by atoms with Crippen molar-refractivity contribution in [2.75, 3.05) is 18.4 Å². The minimum Gasteiger partial charge on any atom is -0.313 e. The zero-order valence-corrected chi connectivity index (χ0v) is 17.8. The Morgan fingerprint density at radius 1 is 1.03 bits per heavy atom. The van der Waals surface area contributed by atoms with E-state index in [9.17, 15) is 4.79 Å². The number of benzene rings is 1. The standard InChI is InChI=1S/C24H27N3OS/c1-17-18(2)29-24(26-23(28)19-11-5-3-6-12-19)21(17)22(20-13-7-8-14-25-20)27-15-9-4-10-16-27/h3,5-8,11-14,22H,4,9-10,15-16H2,1-2H3,(H,26,28)/t22-/m0/s1. The summed E-state index contributed by atoms with van der Waals surface area (Å²) in [5, 5.41) is 4.14. The van der Waals surface area contributed by atoms with E-state index in [1.54, 1.807) is 11.3 Å². The number of nitrogens with one attached hydrogen (secondary N) is 1. The molecule has 150 valence electrons. The zero-order chi connectivity index (χ0) is 20.2. The van der Waals surface area contributed by atoms with Crippen molar-refractivity contribution in [2.24, 2.45) is 0 Å². The van der Waals surface area contributed by atoms with Gasteiger partial charge in [0.1, 0.15) is 5.00 Å². The molecule has 29 heavy (non-hydrogen) atoms. The number of amides is 1. The highest BCUT2D eigenvalue weighted by atomic mass is 32.1. The van der Waals surface area contributed by atoms with E-state index in [4.69, 9.17) is 4.98 Å². The van der Waals surface area contributed by atoms with Crippen molar-refractivity contribution >= 4 is 22.2 Å². The number of nitrogens with zero attached hydrogens (tertiary/aromatic N) is 2. The average Bonchev–Trinajstić information content (AvgIpc) is 3.04. The Morgan fingerprint density at radius 3 is 2.45 bits per heavy atom. The van der Waals surface area contributed by atoms with Gasteiger partial charge in [0, 0.05) is 22.2 Å². The Morgan fingerprint density at radius 2 is 1.76 bits per heavy atom. The van der Waals surface area contributed by atoms with E-state index in [1.165, 1.54) is 35.3 Å². The molecule has 1 saturated heterocycles. The Hall–Kier alpha value is -2.50. The number of thiophene rings is 1. The fourth-order valence-corrected chi connectivity index (χ4v) is 5.15. The van der Waals surface area contributed by atoms with Crippen molar-refractivity contribution in [2.45, 2.75) is 39.2 Å². The third-order valence-corrected chi connectivity index (χ3v) is 6.83. The Kier molecular flexibility index (Phi) is 6.07. The van der Waals surface area contributed by atoms with Crippen molar-refractivity contribution in [3.8, 4) is 0 Å². The third-order valence-electron chi connectivity index (χ3n) is 5.69. The van der Waals surface area contributed by atoms with Crippen LogP contribution in [0.5, 0.6) is 0 Å². The van der Waals surface area contributed by atoms with Gasteiger partial charge in [-0.2, -0.15) is 0 Å². The first kappa shape index (κ1) is 19.8. The molecule has 4 nitrogen and oxygen atoms in total. The maximum Gasteiger partial charge on any atom is 0.256 e. The molecule has 1 N–H and O–H groups in total. The Labute approximate surface area is 176 Å². The van der Waals surface area contributed by atoms with E-state index in [0.717, 1.165) is 23.8 Å². The summed E-state index contributed by atoms with van der Waals surface area (Å²) in [7, 11) is 0. The van der Waals surface area contributed by atoms with Gasteiger partial charge in [-0.15, -0.1) is 11.3 Å². The number of carbonyl (C=O) groups is 1. The van der Waals surface area contributed by atoms with Gasteiger partial charge < -0.3 is 5.32 Å². The second-order valence-electron chi connectivity index (χ2n) is 7.60. The number of anilines is 1. The first-order valence-corrected chi connectivity index (χ1v) is 11.1. The molecule has 3 aromatic rings. The lowest BCUT2D eigenvalue weighted by molar-refractivity contribution is 0.102. The van der Waals surface area contributed by atoms with Crippen molar-refractivity contribution in [1.82, 2.24) is 9.88 Å². The summed E-state index contributed by atoms with van der Waals surface area (Å²) in [6, 6.07) is 15.6. The number of hydrogen-bond donors (Lipinski definition) is 1. The van der Waals surface area contributed by atoms with E-state index in [-0.39, 0.29) is 11.9 Å². The van der Waals surface area contributed by atoms with Crippen LogP contribution in [-0.2, 0) is 0 Å². The van der Waals surface area contributed by atoms with Gasteiger partial charge in [-0.25, -0.2) is 0 Å². The maximum absolute atomic E-state index is 12.9. The summed E-state index contributed by atoms with van der Waals surface area (Å²) in [6.45, 7) is 6.41. The smallest absolute Gasteiger partial charge is 0.256 e. The van der Waals surface area contributed by atoms with Gasteiger partial charge in [0.15, 0.2) is 0 Å². The predicted octanol–water partition coefficient (Wildman–Crippen LogP) is 5.59. The number of aryl methyl sites for hydroxylation is 1. The van der Waals surface area contributed by atoms with E-state index in [1.807, 2.05) is 42.6 Å². The van der Waals surface area contributed by atoms with Gasteiger partial charge in [0.25, 0.3) is 5.91 Å². The van der Waals surface area contributed by atoms with E-state index in [2.05, 4.69) is 36.2 Å². The molecule has 1 atom stereocenters. The van der Waals surface area contributed by atoms with Crippen LogP contribution < -0.4 is 5.32 Å². The highest BCUT2D eigenvalue weighted by molar-refractivity contribution is 7.16. The summed E-state index contributed by atoms with van der Waals surface area (Å²) < 4.78 is 0. The largest absolute Gasteiger partial charge is 0.313 e. The Balaban J connectivity index is 1.75. The average molecular weight is 406 g/mol. The molecular weight excluding hydrogens is 378 g/mol. The molecule has 0 radical (unpaired) electrons. The molecule has 0 spiro atoms. The molecular formula is C24H27N3OS. The third kappa shape index (κ3) is 4.26. The van der Waals surface area contributed by atoms with Gasteiger partial charge in [-0.3, -0.25) is 14.7 Å². The number of likely N-dealkylation sites (tertiary alicyclic amines) is 1.